The Morgan fingerprint density at radius 3 is 2.89 bits per heavy atom. The summed E-state index contributed by atoms with van der Waals surface area (Å²) in [5.74, 6) is 0.410. The standard InChI is InChI=1S/C13H20ClN3O2/c1-4-15-12-6-10(11(14)7-16-12)13(18)17-9(3)8-19-5-2/h6-7,9H,4-5,8H2,1-3H3,(H,15,16)(H,17,18). The summed E-state index contributed by atoms with van der Waals surface area (Å²) in [5, 5.41) is 6.22. The number of nitrogens with one attached hydrogen (secondary N) is 2. The molecule has 5 nitrogen and oxygen atoms in total. The minimum atomic E-state index is -0.223. The van der Waals surface area contributed by atoms with E-state index in [0.717, 1.165) is 6.54 Å². The minimum Gasteiger partial charge on any atom is -0.380 e. The van der Waals surface area contributed by atoms with Gasteiger partial charge < -0.3 is 15.4 Å². The number of pyridine rings is 1. The molecule has 0 fully saturated rings. The molecule has 1 atom stereocenters. The SMILES string of the molecule is CCNc1cc(C(=O)NC(C)COCC)c(Cl)cn1. The highest BCUT2D eigenvalue weighted by Crippen LogP contribution is 2.18. The van der Waals surface area contributed by atoms with Crippen molar-refractivity contribution in [2.45, 2.75) is 26.8 Å². The minimum absolute atomic E-state index is 0.0701. The second-order valence-corrected chi connectivity index (χ2v) is 4.52. The molecule has 1 heterocycles. The fraction of sp³-hybridized carbons (Fsp3) is 0.538. The van der Waals surface area contributed by atoms with Crippen LogP contribution in [-0.2, 0) is 4.74 Å². The Balaban J connectivity index is 2.72. The Morgan fingerprint density at radius 2 is 2.26 bits per heavy atom. The quantitative estimate of drug-likeness (QED) is 0.807. The molecule has 1 rings (SSSR count). The van der Waals surface area contributed by atoms with Crippen LogP contribution < -0.4 is 10.6 Å². The number of hydrogen-bond donors (Lipinski definition) is 2. The van der Waals surface area contributed by atoms with Gasteiger partial charge in [-0.3, -0.25) is 4.79 Å². The number of carbonyl (C=O) groups is 1. The lowest BCUT2D eigenvalue weighted by atomic mass is 10.2. The highest BCUT2D eigenvalue weighted by molar-refractivity contribution is 6.33. The molecule has 0 aliphatic rings. The highest BCUT2D eigenvalue weighted by Gasteiger charge is 2.14. The van der Waals surface area contributed by atoms with Gasteiger partial charge >= 0.3 is 0 Å². The summed E-state index contributed by atoms with van der Waals surface area (Å²) in [4.78, 5) is 16.2. The van der Waals surface area contributed by atoms with E-state index >= 15 is 0 Å². The number of carbonyl (C=O) groups excluding carboxylic acids is 1. The number of halogens is 1. The molecule has 6 heteroatoms. The average Bonchev–Trinajstić information content (AvgIpc) is 2.38. The van der Waals surface area contributed by atoms with E-state index in [1.807, 2.05) is 20.8 Å². The van der Waals surface area contributed by atoms with E-state index < -0.39 is 0 Å². The molecule has 0 radical (unpaired) electrons. The molecule has 0 saturated heterocycles. The fourth-order valence-corrected chi connectivity index (χ4v) is 1.72. The first-order chi connectivity index (χ1) is 9.08. The predicted molar refractivity (Wildman–Crippen MR) is 76.8 cm³/mol. The highest BCUT2D eigenvalue weighted by atomic mass is 35.5. The molecular weight excluding hydrogens is 266 g/mol. The van der Waals surface area contributed by atoms with Gasteiger partial charge in [0.2, 0.25) is 0 Å². The summed E-state index contributed by atoms with van der Waals surface area (Å²) in [6.45, 7) is 7.59. The van der Waals surface area contributed by atoms with Crippen LogP contribution in [0.5, 0.6) is 0 Å². The van der Waals surface area contributed by atoms with E-state index in [1.54, 1.807) is 6.07 Å². The second-order valence-electron chi connectivity index (χ2n) is 4.11. The molecule has 0 aliphatic heterocycles. The molecular formula is C13H20ClN3O2. The third kappa shape index (κ3) is 5.04. The van der Waals surface area contributed by atoms with E-state index in [-0.39, 0.29) is 11.9 Å². The van der Waals surface area contributed by atoms with E-state index in [2.05, 4.69) is 15.6 Å². The summed E-state index contributed by atoms with van der Waals surface area (Å²) in [7, 11) is 0. The average molecular weight is 286 g/mol. The number of rotatable bonds is 7. The number of aromatic nitrogens is 1. The first-order valence-electron chi connectivity index (χ1n) is 6.36. The van der Waals surface area contributed by atoms with Crippen molar-refractivity contribution in [3.8, 4) is 0 Å². The van der Waals surface area contributed by atoms with Crippen molar-refractivity contribution in [2.75, 3.05) is 25.1 Å². The van der Waals surface area contributed by atoms with Gasteiger partial charge in [0.05, 0.1) is 17.2 Å². The van der Waals surface area contributed by atoms with Gasteiger partial charge in [0.25, 0.3) is 5.91 Å². The van der Waals surface area contributed by atoms with Crippen molar-refractivity contribution in [1.29, 1.82) is 0 Å². The van der Waals surface area contributed by atoms with Crippen LogP contribution in [0.1, 0.15) is 31.1 Å². The van der Waals surface area contributed by atoms with E-state index in [0.29, 0.717) is 29.6 Å². The zero-order valence-corrected chi connectivity index (χ0v) is 12.3. The number of nitrogens with zero attached hydrogens (tertiary/aromatic N) is 1. The van der Waals surface area contributed by atoms with Crippen molar-refractivity contribution < 1.29 is 9.53 Å². The van der Waals surface area contributed by atoms with Crippen LogP contribution in [0.3, 0.4) is 0 Å². The normalized spacial score (nSPS) is 12.0. The maximum atomic E-state index is 12.1. The second kappa shape index (κ2) is 7.96. The molecule has 0 bridgehead atoms. The Kier molecular flexibility index (Phi) is 6.59. The van der Waals surface area contributed by atoms with Crippen molar-refractivity contribution >= 4 is 23.3 Å². The number of anilines is 1. The van der Waals surface area contributed by atoms with E-state index in [4.69, 9.17) is 16.3 Å². The van der Waals surface area contributed by atoms with E-state index in [9.17, 15) is 4.79 Å². The third-order valence-corrected chi connectivity index (χ3v) is 2.71. The first-order valence-corrected chi connectivity index (χ1v) is 6.74. The van der Waals surface area contributed by atoms with Crippen molar-refractivity contribution in [3.05, 3.63) is 22.8 Å². The first kappa shape index (κ1) is 15.7. The largest absolute Gasteiger partial charge is 0.380 e. The lowest BCUT2D eigenvalue weighted by Gasteiger charge is -2.14. The Bertz CT molecular complexity index is 426. The molecule has 2 N–H and O–H groups in total. The maximum absolute atomic E-state index is 12.1. The van der Waals surface area contributed by atoms with Gasteiger partial charge in [-0.25, -0.2) is 4.98 Å². The van der Waals surface area contributed by atoms with Gasteiger partial charge in [-0.15, -0.1) is 0 Å². The summed E-state index contributed by atoms with van der Waals surface area (Å²) in [5.41, 5.74) is 0.413. The molecule has 106 valence electrons. The summed E-state index contributed by atoms with van der Waals surface area (Å²) in [6, 6.07) is 1.58. The van der Waals surface area contributed by atoms with Crippen LogP contribution >= 0.6 is 11.6 Å². The van der Waals surface area contributed by atoms with Gasteiger partial charge in [0.1, 0.15) is 5.82 Å². The van der Waals surface area contributed by atoms with Crippen molar-refractivity contribution in [3.63, 3.8) is 0 Å². The fourth-order valence-electron chi connectivity index (χ4n) is 1.53. The van der Waals surface area contributed by atoms with Crippen molar-refractivity contribution in [2.24, 2.45) is 0 Å². The number of hydrogen-bond acceptors (Lipinski definition) is 4. The van der Waals surface area contributed by atoms with Gasteiger partial charge in [-0.1, -0.05) is 11.6 Å². The molecule has 0 aromatic carbocycles. The molecule has 1 aromatic rings. The predicted octanol–water partition coefficient (Wildman–Crippen LogP) is 2.32. The molecule has 1 unspecified atom stereocenters. The van der Waals surface area contributed by atoms with Crippen LogP contribution in [0.15, 0.2) is 12.3 Å². The molecule has 1 amide bonds. The van der Waals surface area contributed by atoms with Gasteiger partial charge in [0, 0.05) is 25.4 Å². The van der Waals surface area contributed by atoms with Crippen LogP contribution in [0.2, 0.25) is 5.02 Å². The van der Waals surface area contributed by atoms with Crippen LogP contribution in [0, 0.1) is 0 Å². The van der Waals surface area contributed by atoms with Crippen LogP contribution in [0.4, 0.5) is 5.82 Å². The zero-order valence-electron chi connectivity index (χ0n) is 11.5. The lowest BCUT2D eigenvalue weighted by Crippen LogP contribution is -2.36. The Labute approximate surface area is 118 Å². The topological polar surface area (TPSA) is 63.2 Å². The smallest absolute Gasteiger partial charge is 0.253 e. The summed E-state index contributed by atoms with van der Waals surface area (Å²) < 4.78 is 5.25. The molecule has 0 spiro atoms. The van der Waals surface area contributed by atoms with Crippen molar-refractivity contribution in [1.82, 2.24) is 10.3 Å². The lowest BCUT2D eigenvalue weighted by molar-refractivity contribution is 0.0872. The number of ether oxygens (including phenoxy) is 1. The van der Waals surface area contributed by atoms with Crippen LogP contribution in [0.25, 0.3) is 0 Å². The van der Waals surface area contributed by atoms with Gasteiger partial charge in [0.15, 0.2) is 0 Å². The maximum Gasteiger partial charge on any atom is 0.253 e. The van der Waals surface area contributed by atoms with Crippen LogP contribution in [-0.4, -0.2) is 36.7 Å². The molecule has 0 aliphatic carbocycles. The summed E-state index contributed by atoms with van der Waals surface area (Å²) >= 11 is 6.00. The summed E-state index contributed by atoms with van der Waals surface area (Å²) in [6.07, 6.45) is 1.47. The third-order valence-electron chi connectivity index (χ3n) is 2.41. The van der Waals surface area contributed by atoms with Gasteiger partial charge in [-0.05, 0) is 26.8 Å². The Hall–Kier alpha value is -1.33. The molecule has 1 aromatic heterocycles. The monoisotopic (exact) mass is 285 g/mol. The molecule has 19 heavy (non-hydrogen) atoms. The van der Waals surface area contributed by atoms with E-state index in [1.165, 1.54) is 6.20 Å². The number of amides is 1. The Morgan fingerprint density at radius 1 is 1.53 bits per heavy atom. The van der Waals surface area contributed by atoms with Gasteiger partial charge in [-0.2, -0.15) is 0 Å². The molecule has 0 saturated carbocycles. The zero-order chi connectivity index (χ0) is 14.3.